The van der Waals surface area contributed by atoms with Gasteiger partial charge >= 0.3 is 0 Å². The Kier molecular flexibility index (Phi) is 5.36. The number of nitrogens with one attached hydrogen (secondary N) is 1. The third-order valence-electron chi connectivity index (χ3n) is 6.01. The van der Waals surface area contributed by atoms with Gasteiger partial charge in [0.1, 0.15) is 0 Å². The molecule has 6 nitrogen and oxygen atoms in total. The normalized spacial score (nSPS) is 16.9. The Morgan fingerprint density at radius 3 is 2.53 bits per heavy atom. The third-order valence-corrected chi connectivity index (χ3v) is 7.03. The van der Waals surface area contributed by atoms with E-state index >= 15 is 0 Å². The Hall–Kier alpha value is -2.93. The number of hydrogen-bond acceptors (Lipinski definition) is 6. The van der Waals surface area contributed by atoms with Crippen LogP contribution in [0.5, 0.6) is 0 Å². The van der Waals surface area contributed by atoms with Crippen molar-refractivity contribution in [1.29, 1.82) is 0 Å². The molecule has 0 radical (unpaired) electrons. The summed E-state index contributed by atoms with van der Waals surface area (Å²) >= 11 is 1.86. The lowest BCUT2D eigenvalue weighted by Gasteiger charge is -2.31. The van der Waals surface area contributed by atoms with Gasteiger partial charge in [-0.05, 0) is 66.6 Å². The van der Waals surface area contributed by atoms with Gasteiger partial charge in [0.05, 0.1) is 0 Å². The minimum atomic E-state index is 0.0312. The first-order chi connectivity index (χ1) is 14.8. The highest BCUT2D eigenvalue weighted by Crippen LogP contribution is 2.29. The SMILES string of the molecule is O=C(Nc1ccc(N2CCc3sccc3C2)cc1)C1CCN(c2ncccn2)CC1. The first kappa shape index (κ1) is 19.1. The lowest BCUT2D eigenvalue weighted by molar-refractivity contribution is -0.120. The van der Waals surface area contributed by atoms with Crippen LogP contribution < -0.4 is 15.1 Å². The van der Waals surface area contributed by atoms with Crippen molar-refractivity contribution in [2.75, 3.05) is 34.8 Å². The number of amides is 1. The van der Waals surface area contributed by atoms with Crippen molar-refractivity contribution >= 4 is 34.6 Å². The van der Waals surface area contributed by atoms with Gasteiger partial charge in [-0.1, -0.05) is 0 Å². The number of nitrogens with zero attached hydrogens (tertiary/aromatic N) is 4. The maximum Gasteiger partial charge on any atom is 0.227 e. The van der Waals surface area contributed by atoms with E-state index in [2.05, 4.69) is 48.7 Å². The molecule has 0 spiro atoms. The molecule has 0 atom stereocenters. The van der Waals surface area contributed by atoms with E-state index in [-0.39, 0.29) is 11.8 Å². The minimum absolute atomic E-state index is 0.0312. The van der Waals surface area contributed by atoms with Crippen molar-refractivity contribution in [3.05, 3.63) is 64.6 Å². The summed E-state index contributed by atoms with van der Waals surface area (Å²) in [4.78, 5) is 27.4. The number of anilines is 3. The zero-order chi connectivity index (χ0) is 20.3. The lowest BCUT2D eigenvalue weighted by atomic mass is 9.96. The van der Waals surface area contributed by atoms with E-state index < -0.39 is 0 Å². The minimum Gasteiger partial charge on any atom is -0.367 e. The zero-order valence-electron chi connectivity index (χ0n) is 16.8. The van der Waals surface area contributed by atoms with Gasteiger partial charge in [-0.2, -0.15) is 0 Å². The smallest absolute Gasteiger partial charge is 0.227 e. The van der Waals surface area contributed by atoms with Crippen molar-refractivity contribution in [1.82, 2.24) is 9.97 Å². The number of rotatable bonds is 4. The van der Waals surface area contributed by atoms with Gasteiger partial charge in [0.15, 0.2) is 0 Å². The molecule has 1 fully saturated rings. The van der Waals surface area contributed by atoms with E-state index in [0.717, 1.165) is 57.1 Å². The largest absolute Gasteiger partial charge is 0.367 e. The summed E-state index contributed by atoms with van der Waals surface area (Å²) in [6.07, 6.45) is 6.26. The van der Waals surface area contributed by atoms with Crippen molar-refractivity contribution in [3.63, 3.8) is 0 Å². The van der Waals surface area contributed by atoms with Crippen LogP contribution in [0.1, 0.15) is 23.3 Å². The highest BCUT2D eigenvalue weighted by Gasteiger charge is 2.26. The second-order valence-corrected chi connectivity index (χ2v) is 8.89. The number of thiophene rings is 1. The number of fused-ring (bicyclic) bond motifs is 1. The van der Waals surface area contributed by atoms with Crippen molar-refractivity contribution in [2.45, 2.75) is 25.8 Å². The van der Waals surface area contributed by atoms with E-state index in [1.165, 1.54) is 16.1 Å². The van der Waals surface area contributed by atoms with Crippen LogP contribution >= 0.6 is 11.3 Å². The number of carbonyl (C=O) groups is 1. The summed E-state index contributed by atoms with van der Waals surface area (Å²) in [6, 6.07) is 12.3. The van der Waals surface area contributed by atoms with Crippen LogP contribution in [0, 0.1) is 5.92 Å². The Morgan fingerprint density at radius 2 is 1.77 bits per heavy atom. The Labute approximate surface area is 180 Å². The molecule has 1 N–H and O–H groups in total. The Bertz CT molecular complexity index is 996. The van der Waals surface area contributed by atoms with Crippen molar-refractivity contribution in [3.8, 4) is 0 Å². The molecular formula is C23H25N5OS. The molecule has 4 heterocycles. The molecule has 0 aliphatic carbocycles. The standard InChI is InChI=1S/C23H25N5OS/c29-22(17-6-12-27(13-7-17)23-24-10-1-11-25-23)26-19-2-4-20(5-3-19)28-14-8-21-18(16-28)9-15-30-21/h1-5,9-11,15,17H,6-8,12-14,16H2,(H,26,29). The second kappa shape index (κ2) is 8.44. The fourth-order valence-electron chi connectivity index (χ4n) is 4.26. The Balaban J connectivity index is 1.15. The monoisotopic (exact) mass is 419 g/mol. The number of aromatic nitrogens is 2. The maximum absolute atomic E-state index is 12.7. The van der Waals surface area contributed by atoms with Crippen LogP contribution in [0.2, 0.25) is 0 Å². The predicted octanol–water partition coefficient (Wildman–Crippen LogP) is 3.96. The molecule has 0 saturated carbocycles. The highest BCUT2D eigenvalue weighted by molar-refractivity contribution is 7.10. The molecule has 2 aromatic heterocycles. The first-order valence-corrected chi connectivity index (χ1v) is 11.4. The lowest BCUT2D eigenvalue weighted by Crippen LogP contribution is -2.39. The van der Waals surface area contributed by atoms with Gasteiger partial charge in [-0.15, -0.1) is 11.3 Å². The average molecular weight is 420 g/mol. The van der Waals surface area contributed by atoms with Crippen LogP contribution in [0.3, 0.4) is 0 Å². The van der Waals surface area contributed by atoms with E-state index in [0.29, 0.717) is 0 Å². The van der Waals surface area contributed by atoms with Crippen LogP contribution in [-0.2, 0) is 17.8 Å². The number of hydrogen-bond donors (Lipinski definition) is 1. The van der Waals surface area contributed by atoms with Gasteiger partial charge in [-0.25, -0.2) is 9.97 Å². The second-order valence-electron chi connectivity index (χ2n) is 7.89. The van der Waals surface area contributed by atoms with E-state index in [1.54, 1.807) is 12.4 Å². The zero-order valence-corrected chi connectivity index (χ0v) is 17.6. The number of benzene rings is 1. The van der Waals surface area contributed by atoms with Crippen LogP contribution in [0.25, 0.3) is 0 Å². The van der Waals surface area contributed by atoms with Crippen LogP contribution in [0.4, 0.5) is 17.3 Å². The van der Waals surface area contributed by atoms with Gasteiger partial charge in [0.2, 0.25) is 11.9 Å². The van der Waals surface area contributed by atoms with Crippen molar-refractivity contribution < 1.29 is 4.79 Å². The average Bonchev–Trinajstić information content (AvgIpc) is 3.28. The summed E-state index contributed by atoms with van der Waals surface area (Å²) in [5, 5.41) is 5.29. The molecule has 1 aromatic carbocycles. The predicted molar refractivity (Wildman–Crippen MR) is 121 cm³/mol. The molecule has 0 unspecified atom stereocenters. The molecule has 30 heavy (non-hydrogen) atoms. The third kappa shape index (κ3) is 4.03. The maximum atomic E-state index is 12.7. The summed E-state index contributed by atoms with van der Waals surface area (Å²) < 4.78 is 0. The number of carbonyl (C=O) groups excluding carboxylic acids is 1. The summed E-state index contributed by atoms with van der Waals surface area (Å²) in [5.74, 6) is 0.889. The first-order valence-electron chi connectivity index (χ1n) is 10.5. The topological polar surface area (TPSA) is 61.4 Å². The molecular weight excluding hydrogens is 394 g/mol. The number of piperidine rings is 1. The molecule has 3 aromatic rings. The quantitative estimate of drug-likeness (QED) is 0.694. The summed E-state index contributed by atoms with van der Waals surface area (Å²) in [6.45, 7) is 3.62. The van der Waals surface area contributed by atoms with E-state index in [9.17, 15) is 4.79 Å². The van der Waals surface area contributed by atoms with Gasteiger partial charge in [0.25, 0.3) is 0 Å². The van der Waals surface area contributed by atoms with Crippen LogP contribution in [0.15, 0.2) is 54.2 Å². The van der Waals surface area contributed by atoms with Crippen molar-refractivity contribution in [2.24, 2.45) is 5.92 Å². The fourth-order valence-corrected chi connectivity index (χ4v) is 5.15. The molecule has 5 rings (SSSR count). The molecule has 2 aliphatic heterocycles. The van der Waals surface area contributed by atoms with Gasteiger partial charge < -0.3 is 15.1 Å². The van der Waals surface area contributed by atoms with Gasteiger partial charge in [0, 0.05) is 60.7 Å². The molecule has 0 bridgehead atoms. The van der Waals surface area contributed by atoms with Gasteiger partial charge in [-0.3, -0.25) is 4.79 Å². The molecule has 1 saturated heterocycles. The molecule has 1 amide bonds. The molecule has 154 valence electrons. The summed E-state index contributed by atoms with van der Waals surface area (Å²) in [5.41, 5.74) is 3.52. The molecule has 7 heteroatoms. The Morgan fingerprint density at radius 1 is 1.00 bits per heavy atom. The van der Waals surface area contributed by atoms with E-state index in [4.69, 9.17) is 0 Å². The highest BCUT2D eigenvalue weighted by atomic mass is 32.1. The van der Waals surface area contributed by atoms with E-state index in [1.807, 2.05) is 29.5 Å². The fraction of sp³-hybridized carbons (Fsp3) is 0.348. The summed E-state index contributed by atoms with van der Waals surface area (Å²) in [7, 11) is 0. The van der Waals surface area contributed by atoms with Crippen LogP contribution in [-0.4, -0.2) is 35.5 Å². The molecule has 2 aliphatic rings.